The van der Waals surface area contributed by atoms with Crippen molar-refractivity contribution in [1.82, 2.24) is 9.73 Å². The van der Waals surface area contributed by atoms with Crippen molar-refractivity contribution in [2.24, 2.45) is 5.84 Å². The van der Waals surface area contributed by atoms with Crippen molar-refractivity contribution < 1.29 is 8.42 Å². The molecule has 5 nitrogen and oxygen atoms in total. The highest BCUT2D eigenvalue weighted by Crippen LogP contribution is 2.28. The van der Waals surface area contributed by atoms with Crippen LogP contribution >= 0.6 is 0 Å². The summed E-state index contributed by atoms with van der Waals surface area (Å²) in [5, 5.41) is -0.171. The van der Waals surface area contributed by atoms with Crippen LogP contribution in [0.2, 0.25) is 0 Å². The van der Waals surface area contributed by atoms with Crippen molar-refractivity contribution in [3.63, 3.8) is 0 Å². The molecule has 0 radical (unpaired) electrons. The topological polar surface area (TPSA) is 75.4 Å². The summed E-state index contributed by atoms with van der Waals surface area (Å²) < 4.78 is 26.2. The highest BCUT2D eigenvalue weighted by Gasteiger charge is 2.35. The summed E-state index contributed by atoms with van der Waals surface area (Å²) in [6.07, 6.45) is 5.25. The average molecular weight is 247 g/mol. The summed E-state index contributed by atoms with van der Waals surface area (Å²) in [5.41, 5.74) is 2.74. The van der Waals surface area contributed by atoms with Crippen LogP contribution in [0.25, 0.3) is 0 Å². The predicted octanol–water partition coefficient (Wildman–Crippen LogP) is 0.186. The van der Waals surface area contributed by atoms with Gasteiger partial charge in [-0.2, -0.15) is 0 Å². The number of nitrogens with two attached hydrogens (primary N) is 1. The molecule has 2 rings (SSSR count). The lowest BCUT2D eigenvalue weighted by molar-refractivity contribution is 0.364. The fraction of sp³-hybridized carbons (Fsp3) is 1.00. The van der Waals surface area contributed by atoms with Gasteiger partial charge in [0.2, 0.25) is 10.0 Å². The monoisotopic (exact) mass is 247 g/mol. The molecule has 2 aliphatic rings. The molecule has 1 saturated heterocycles. The number of nitrogens with zero attached hydrogens (tertiary/aromatic N) is 1. The molecule has 0 atom stereocenters. The molecule has 1 saturated carbocycles. The minimum absolute atomic E-state index is 0.171. The zero-order valence-electron chi connectivity index (χ0n) is 9.56. The lowest BCUT2D eigenvalue weighted by Gasteiger charge is -2.30. The van der Waals surface area contributed by atoms with Gasteiger partial charge in [0, 0.05) is 19.1 Å². The third-order valence-electron chi connectivity index (χ3n) is 3.76. The molecule has 1 heterocycles. The zero-order chi connectivity index (χ0) is 11.6. The fourth-order valence-electron chi connectivity index (χ4n) is 2.68. The summed E-state index contributed by atoms with van der Waals surface area (Å²) in [6.45, 7) is 1.44. The Balaban J connectivity index is 1.97. The minimum atomic E-state index is -3.03. The molecule has 0 aromatic heterocycles. The molecule has 1 aliphatic heterocycles. The first-order chi connectivity index (χ1) is 7.64. The van der Waals surface area contributed by atoms with E-state index in [-0.39, 0.29) is 5.25 Å². The lowest BCUT2D eigenvalue weighted by Crippen LogP contribution is -2.44. The number of nitrogens with one attached hydrogen (secondary N) is 1. The van der Waals surface area contributed by atoms with Gasteiger partial charge >= 0.3 is 0 Å². The second-order valence-electron chi connectivity index (χ2n) is 4.79. The second-order valence-corrected chi connectivity index (χ2v) is 7.00. The van der Waals surface area contributed by atoms with Crippen LogP contribution in [0.3, 0.4) is 0 Å². The van der Waals surface area contributed by atoms with Crippen LogP contribution in [0.15, 0.2) is 0 Å². The molecule has 16 heavy (non-hydrogen) atoms. The third kappa shape index (κ3) is 2.40. The normalized spacial score (nSPS) is 33.1. The van der Waals surface area contributed by atoms with Crippen molar-refractivity contribution in [2.45, 2.75) is 49.8 Å². The van der Waals surface area contributed by atoms with Crippen molar-refractivity contribution in [1.29, 1.82) is 0 Å². The van der Waals surface area contributed by atoms with Gasteiger partial charge < -0.3 is 0 Å². The molecular weight excluding hydrogens is 226 g/mol. The summed E-state index contributed by atoms with van der Waals surface area (Å²) in [5.74, 6) is 5.37. The van der Waals surface area contributed by atoms with Crippen LogP contribution in [0.5, 0.6) is 0 Å². The minimum Gasteiger partial charge on any atom is -0.271 e. The molecular formula is C10H21N3O2S. The number of sulfonamides is 1. The van der Waals surface area contributed by atoms with E-state index in [2.05, 4.69) is 5.43 Å². The first kappa shape index (κ1) is 12.3. The molecule has 0 spiro atoms. The van der Waals surface area contributed by atoms with Crippen LogP contribution in [-0.2, 0) is 10.0 Å². The Bertz CT molecular complexity index is 317. The van der Waals surface area contributed by atoms with Gasteiger partial charge in [-0.25, -0.2) is 12.7 Å². The molecule has 0 unspecified atom stereocenters. The molecule has 94 valence electrons. The van der Waals surface area contributed by atoms with Crippen molar-refractivity contribution in [2.75, 3.05) is 13.1 Å². The summed E-state index contributed by atoms with van der Waals surface area (Å²) >= 11 is 0. The first-order valence-electron chi connectivity index (χ1n) is 6.09. The van der Waals surface area contributed by atoms with E-state index in [9.17, 15) is 8.42 Å². The largest absolute Gasteiger partial charge is 0.271 e. The Kier molecular flexibility index (Phi) is 3.84. The molecule has 2 fully saturated rings. The third-order valence-corrected chi connectivity index (χ3v) is 6.15. The maximum absolute atomic E-state index is 12.3. The van der Waals surface area contributed by atoms with Gasteiger partial charge in [-0.05, 0) is 38.5 Å². The predicted molar refractivity (Wildman–Crippen MR) is 63.1 cm³/mol. The zero-order valence-corrected chi connectivity index (χ0v) is 10.4. The smallest absolute Gasteiger partial charge is 0.216 e. The van der Waals surface area contributed by atoms with E-state index in [0.717, 1.165) is 51.6 Å². The van der Waals surface area contributed by atoms with E-state index < -0.39 is 10.0 Å². The van der Waals surface area contributed by atoms with Gasteiger partial charge in [0.05, 0.1) is 5.25 Å². The molecule has 0 aromatic rings. The molecule has 6 heteroatoms. The molecule has 0 aromatic carbocycles. The van der Waals surface area contributed by atoms with Gasteiger partial charge in [-0.3, -0.25) is 11.3 Å². The van der Waals surface area contributed by atoms with Crippen LogP contribution in [0.4, 0.5) is 0 Å². The van der Waals surface area contributed by atoms with Crippen LogP contribution in [0, 0.1) is 0 Å². The maximum atomic E-state index is 12.3. The molecule has 0 amide bonds. The quantitative estimate of drug-likeness (QED) is 0.551. The Hall–Kier alpha value is -0.170. The fourth-order valence-corrected chi connectivity index (χ4v) is 4.74. The number of hydrogen-bond donors (Lipinski definition) is 2. The van der Waals surface area contributed by atoms with Gasteiger partial charge in [0.15, 0.2) is 0 Å². The lowest BCUT2D eigenvalue weighted by atomic mass is 9.96. The Labute approximate surface area is 97.4 Å². The highest BCUT2D eigenvalue weighted by atomic mass is 32.2. The van der Waals surface area contributed by atoms with E-state index in [1.165, 1.54) is 0 Å². The van der Waals surface area contributed by atoms with Crippen LogP contribution < -0.4 is 11.3 Å². The first-order valence-corrected chi connectivity index (χ1v) is 7.60. The van der Waals surface area contributed by atoms with Gasteiger partial charge in [0.1, 0.15) is 0 Å². The number of rotatable bonds is 3. The van der Waals surface area contributed by atoms with Gasteiger partial charge in [-0.1, -0.05) is 0 Å². The standard InChI is InChI=1S/C10H21N3O2S/c11-12-9-3-5-10(6-4-9)16(14,15)13-7-1-2-8-13/h9-10,12H,1-8,11H2/t9-,10-. The van der Waals surface area contributed by atoms with E-state index >= 15 is 0 Å². The Morgan fingerprint density at radius 1 is 1.06 bits per heavy atom. The second kappa shape index (κ2) is 5.00. The molecule has 0 bridgehead atoms. The number of hydrazine groups is 1. The average Bonchev–Trinajstić information content (AvgIpc) is 2.83. The van der Waals surface area contributed by atoms with Crippen LogP contribution in [0.1, 0.15) is 38.5 Å². The van der Waals surface area contributed by atoms with Crippen molar-refractivity contribution in [3.05, 3.63) is 0 Å². The van der Waals surface area contributed by atoms with E-state index in [0.29, 0.717) is 6.04 Å². The maximum Gasteiger partial charge on any atom is 0.216 e. The van der Waals surface area contributed by atoms with E-state index in [1.807, 2.05) is 0 Å². The van der Waals surface area contributed by atoms with E-state index in [1.54, 1.807) is 4.31 Å². The molecule has 1 aliphatic carbocycles. The van der Waals surface area contributed by atoms with Crippen LogP contribution in [-0.4, -0.2) is 37.1 Å². The highest BCUT2D eigenvalue weighted by molar-refractivity contribution is 7.89. The Morgan fingerprint density at radius 3 is 2.12 bits per heavy atom. The summed E-state index contributed by atoms with van der Waals surface area (Å²) in [7, 11) is -3.03. The summed E-state index contributed by atoms with van der Waals surface area (Å²) in [6, 6.07) is 0.296. The van der Waals surface area contributed by atoms with Gasteiger partial charge in [-0.15, -0.1) is 0 Å². The number of hydrogen-bond acceptors (Lipinski definition) is 4. The van der Waals surface area contributed by atoms with Crippen molar-refractivity contribution in [3.8, 4) is 0 Å². The van der Waals surface area contributed by atoms with E-state index in [4.69, 9.17) is 5.84 Å². The summed E-state index contributed by atoms with van der Waals surface area (Å²) in [4.78, 5) is 0. The van der Waals surface area contributed by atoms with Gasteiger partial charge in [0.25, 0.3) is 0 Å². The Morgan fingerprint density at radius 2 is 1.62 bits per heavy atom. The molecule has 3 N–H and O–H groups in total. The SMILES string of the molecule is NN[C@H]1CC[C@H](S(=O)(=O)N2CCCC2)CC1. The van der Waals surface area contributed by atoms with Crippen molar-refractivity contribution >= 4 is 10.0 Å².